The van der Waals surface area contributed by atoms with E-state index >= 15 is 0 Å². The maximum atomic E-state index is 12.3. The largest absolute Gasteiger partial charge is 0.369 e. The molecule has 0 radical (unpaired) electrons. The minimum atomic E-state index is -0.0594. The number of anilines is 3. The Hall–Kier alpha value is -2.79. The summed E-state index contributed by atoms with van der Waals surface area (Å²) in [6.07, 6.45) is 1.80. The number of aryl methyl sites for hydroxylation is 1. The van der Waals surface area contributed by atoms with Gasteiger partial charge in [-0.15, -0.1) is 0 Å². The molecular weight excluding hydrogens is 324 g/mol. The van der Waals surface area contributed by atoms with E-state index in [1.807, 2.05) is 25.1 Å². The number of nitrogens with zero attached hydrogens (tertiary/aromatic N) is 2. The van der Waals surface area contributed by atoms with E-state index in [0.717, 1.165) is 48.7 Å². The van der Waals surface area contributed by atoms with Gasteiger partial charge in [-0.3, -0.25) is 4.79 Å². The average molecular weight is 348 g/mol. The van der Waals surface area contributed by atoms with E-state index in [2.05, 4.69) is 51.7 Å². The van der Waals surface area contributed by atoms with Crippen LogP contribution in [0.15, 0.2) is 48.7 Å². The molecule has 1 fully saturated rings. The topological polar surface area (TPSA) is 47.6 Å². The van der Waals surface area contributed by atoms with Gasteiger partial charge in [-0.2, -0.15) is 0 Å². The van der Waals surface area contributed by atoms with E-state index < -0.39 is 0 Å². The number of likely N-dealkylation sites (N-methyl/N-ethyl adjacent to an activating group) is 1. The molecular formula is C21H24N4O. The van der Waals surface area contributed by atoms with Crippen molar-refractivity contribution < 1.29 is 4.79 Å². The molecule has 2 aliphatic heterocycles. The molecule has 0 atom stereocenters. The van der Waals surface area contributed by atoms with E-state index in [9.17, 15) is 4.79 Å². The molecule has 1 saturated heterocycles. The number of amides is 1. The molecule has 5 heteroatoms. The van der Waals surface area contributed by atoms with Crippen LogP contribution in [0.1, 0.15) is 11.1 Å². The van der Waals surface area contributed by atoms with Crippen molar-refractivity contribution in [1.29, 1.82) is 0 Å². The van der Waals surface area contributed by atoms with E-state index in [1.165, 1.54) is 5.69 Å². The number of nitrogens with one attached hydrogen (secondary N) is 2. The summed E-state index contributed by atoms with van der Waals surface area (Å²) in [5, 5.41) is 6.20. The van der Waals surface area contributed by atoms with E-state index in [4.69, 9.17) is 0 Å². The van der Waals surface area contributed by atoms with Crippen LogP contribution in [0.4, 0.5) is 17.1 Å². The highest BCUT2D eigenvalue weighted by molar-refractivity contribution is 6.32. The summed E-state index contributed by atoms with van der Waals surface area (Å²) in [6.45, 7) is 6.34. The lowest BCUT2D eigenvalue weighted by atomic mass is 10.0. The number of piperazine rings is 1. The first kappa shape index (κ1) is 16.7. The molecule has 0 bridgehead atoms. The standard InChI is InChI=1S/C21H24N4O/c1-15-4-3-5-19-20(15)18(21(26)23-19)14-22-16-6-8-17(9-7-16)25-12-10-24(2)11-13-25/h3-9,14,22H,10-13H2,1-2H3,(H,23,26)/b18-14+. The Bertz CT molecular complexity index is 849. The van der Waals surface area contributed by atoms with Crippen molar-refractivity contribution in [2.24, 2.45) is 0 Å². The zero-order chi connectivity index (χ0) is 18.1. The Balaban J connectivity index is 1.49. The van der Waals surface area contributed by atoms with Crippen LogP contribution < -0.4 is 15.5 Å². The van der Waals surface area contributed by atoms with Gasteiger partial charge in [0.05, 0.1) is 5.57 Å². The lowest BCUT2D eigenvalue weighted by Crippen LogP contribution is -2.44. The van der Waals surface area contributed by atoms with Crippen LogP contribution in [0.2, 0.25) is 0 Å². The van der Waals surface area contributed by atoms with Crippen LogP contribution >= 0.6 is 0 Å². The molecule has 0 aromatic heterocycles. The van der Waals surface area contributed by atoms with Crippen molar-refractivity contribution in [3.63, 3.8) is 0 Å². The Morgan fingerprint density at radius 2 is 1.77 bits per heavy atom. The molecule has 5 nitrogen and oxygen atoms in total. The third-order valence-corrected chi connectivity index (χ3v) is 5.15. The van der Waals surface area contributed by atoms with Crippen molar-refractivity contribution >= 4 is 28.5 Å². The fourth-order valence-electron chi connectivity index (χ4n) is 3.56. The van der Waals surface area contributed by atoms with Gasteiger partial charge in [0.25, 0.3) is 5.91 Å². The number of hydrogen-bond acceptors (Lipinski definition) is 4. The maximum absolute atomic E-state index is 12.3. The van der Waals surface area contributed by atoms with Gasteiger partial charge < -0.3 is 20.4 Å². The quantitative estimate of drug-likeness (QED) is 0.837. The Morgan fingerprint density at radius 3 is 2.50 bits per heavy atom. The predicted octanol–water partition coefficient (Wildman–Crippen LogP) is 3.15. The first-order chi connectivity index (χ1) is 12.6. The molecule has 4 rings (SSSR count). The molecule has 0 unspecified atom stereocenters. The number of fused-ring (bicyclic) bond motifs is 1. The minimum Gasteiger partial charge on any atom is -0.369 e. The summed E-state index contributed by atoms with van der Waals surface area (Å²) in [5.41, 5.74) is 5.87. The second-order valence-corrected chi connectivity index (χ2v) is 6.99. The van der Waals surface area contributed by atoms with Gasteiger partial charge in [0.15, 0.2) is 0 Å². The van der Waals surface area contributed by atoms with Gasteiger partial charge in [-0.25, -0.2) is 0 Å². The van der Waals surface area contributed by atoms with Crippen molar-refractivity contribution in [3.8, 4) is 0 Å². The molecule has 2 heterocycles. The van der Waals surface area contributed by atoms with Gasteiger partial charge >= 0.3 is 0 Å². The highest BCUT2D eigenvalue weighted by Gasteiger charge is 2.25. The summed E-state index contributed by atoms with van der Waals surface area (Å²) in [5.74, 6) is -0.0594. The number of rotatable bonds is 3. The maximum Gasteiger partial charge on any atom is 0.257 e. The summed E-state index contributed by atoms with van der Waals surface area (Å²) in [6, 6.07) is 14.3. The van der Waals surface area contributed by atoms with Gasteiger partial charge in [-0.1, -0.05) is 12.1 Å². The Labute approximate surface area is 154 Å². The molecule has 26 heavy (non-hydrogen) atoms. The van der Waals surface area contributed by atoms with Gasteiger partial charge in [0.1, 0.15) is 0 Å². The third-order valence-electron chi connectivity index (χ3n) is 5.15. The summed E-state index contributed by atoms with van der Waals surface area (Å²) in [7, 11) is 2.16. The zero-order valence-electron chi connectivity index (χ0n) is 15.2. The highest BCUT2D eigenvalue weighted by Crippen LogP contribution is 2.34. The first-order valence-electron chi connectivity index (χ1n) is 9.03. The molecule has 2 N–H and O–H groups in total. The lowest BCUT2D eigenvalue weighted by molar-refractivity contribution is -0.110. The monoisotopic (exact) mass is 348 g/mol. The molecule has 2 aliphatic rings. The summed E-state index contributed by atoms with van der Waals surface area (Å²) >= 11 is 0. The Kier molecular flexibility index (Phi) is 4.39. The van der Waals surface area contributed by atoms with E-state index in [0.29, 0.717) is 5.57 Å². The van der Waals surface area contributed by atoms with Crippen LogP contribution in [0.25, 0.3) is 5.57 Å². The van der Waals surface area contributed by atoms with Gasteiger partial charge in [0, 0.05) is 55.0 Å². The van der Waals surface area contributed by atoms with Crippen LogP contribution in [0.3, 0.4) is 0 Å². The molecule has 2 aromatic carbocycles. The number of benzene rings is 2. The minimum absolute atomic E-state index is 0.0594. The normalized spacial score (nSPS) is 18.8. The van der Waals surface area contributed by atoms with Crippen LogP contribution in [-0.2, 0) is 4.79 Å². The summed E-state index contributed by atoms with van der Waals surface area (Å²) in [4.78, 5) is 17.0. The SMILES string of the molecule is Cc1cccc2c1/C(=C\Nc1ccc(N3CCN(C)CC3)cc1)C(=O)N2. The highest BCUT2D eigenvalue weighted by atomic mass is 16.2. The molecule has 1 amide bonds. The second-order valence-electron chi connectivity index (χ2n) is 6.99. The van der Waals surface area contributed by atoms with E-state index in [-0.39, 0.29) is 5.91 Å². The summed E-state index contributed by atoms with van der Waals surface area (Å²) < 4.78 is 0. The number of hydrogen-bond donors (Lipinski definition) is 2. The Morgan fingerprint density at radius 1 is 1.04 bits per heavy atom. The van der Waals surface area contributed by atoms with Crippen molar-refractivity contribution in [1.82, 2.24) is 4.90 Å². The van der Waals surface area contributed by atoms with Crippen molar-refractivity contribution in [3.05, 3.63) is 59.8 Å². The molecule has 0 spiro atoms. The average Bonchev–Trinajstić information content (AvgIpc) is 2.98. The first-order valence-corrected chi connectivity index (χ1v) is 9.03. The second kappa shape index (κ2) is 6.84. The van der Waals surface area contributed by atoms with Crippen LogP contribution in [0, 0.1) is 6.92 Å². The number of carbonyl (C=O) groups excluding carboxylic acids is 1. The lowest BCUT2D eigenvalue weighted by Gasteiger charge is -2.34. The van der Waals surface area contributed by atoms with Gasteiger partial charge in [-0.05, 0) is 49.9 Å². The molecule has 0 aliphatic carbocycles. The smallest absolute Gasteiger partial charge is 0.257 e. The molecule has 0 saturated carbocycles. The molecule has 134 valence electrons. The van der Waals surface area contributed by atoms with Crippen molar-refractivity contribution in [2.75, 3.05) is 48.8 Å². The number of carbonyl (C=O) groups is 1. The van der Waals surface area contributed by atoms with Crippen LogP contribution in [0.5, 0.6) is 0 Å². The fraction of sp³-hybridized carbons (Fsp3) is 0.286. The molecule has 2 aromatic rings. The van der Waals surface area contributed by atoms with E-state index in [1.54, 1.807) is 6.20 Å². The zero-order valence-corrected chi connectivity index (χ0v) is 15.2. The predicted molar refractivity (Wildman–Crippen MR) is 108 cm³/mol. The van der Waals surface area contributed by atoms with Gasteiger partial charge in [0.2, 0.25) is 0 Å². The fourth-order valence-corrected chi connectivity index (χ4v) is 3.56. The third kappa shape index (κ3) is 3.18. The van der Waals surface area contributed by atoms with Crippen molar-refractivity contribution in [2.45, 2.75) is 6.92 Å². The van der Waals surface area contributed by atoms with Crippen LogP contribution in [-0.4, -0.2) is 44.0 Å².